The first-order chi connectivity index (χ1) is 13.1. The van der Waals surface area contributed by atoms with E-state index < -0.39 is 0 Å². The van der Waals surface area contributed by atoms with Crippen LogP contribution in [0, 0.1) is 5.92 Å². The first kappa shape index (κ1) is 19.2. The second-order valence-electron chi connectivity index (χ2n) is 7.18. The Morgan fingerprint density at radius 2 is 1.81 bits per heavy atom. The molecule has 2 aromatic rings. The molecule has 1 fully saturated rings. The molecule has 1 aliphatic rings. The molecule has 1 aliphatic heterocycles. The molecule has 1 amide bonds. The molecule has 4 nitrogen and oxygen atoms in total. The van der Waals surface area contributed by atoms with E-state index in [0.717, 1.165) is 43.5 Å². The van der Waals surface area contributed by atoms with Crippen LogP contribution in [0.25, 0.3) is 0 Å². The van der Waals surface area contributed by atoms with Crippen molar-refractivity contribution in [1.29, 1.82) is 0 Å². The zero-order valence-corrected chi connectivity index (χ0v) is 16.1. The fourth-order valence-electron chi connectivity index (χ4n) is 3.88. The van der Waals surface area contributed by atoms with Gasteiger partial charge in [0.25, 0.3) is 0 Å². The maximum absolute atomic E-state index is 13.1. The topological polar surface area (TPSA) is 46.6 Å². The summed E-state index contributed by atoms with van der Waals surface area (Å²) in [5.41, 5.74) is 2.78. The van der Waals surface area contributed by atoms with Gasteiger partial charge in [0.1, 0.15) is 0 Å². The van der Waals surface area contributed by atoms with Gasteiger partial charge in [-0.2, -0.15) is 0 Å². The maximum atomic E-state index is 13.1. The zero-order valence-electron chi connectivity index (χ0n) is 16.1. The SMILES string of the molecule is CCCCN1C[C@@H](Cc2ccc(C(=O)OC)cc2)[C@H](c2ccccc2)C1=O. The van der Waals surface area contributed by atoms with E-state index in [0.29, 0.717) is 5.56 Å². The van der Waals surface area contributed by atoms with Crippen molar-refractivity contribution in [2.75, 3.05) is 20.2 Å². The average Bonchev–Trinajstić information content (AvgIpc) is 3.02. The largest absolute Gasteiger partial charge is 0.465 e. The first-order valence-corrected chi connectivity index (χ1v) is 9.65. The number of rotatable bonds is 7. The summed E-state index contributed by atoms with van der Waals surface area (Å²) < 4.78 is 4.76. The van der Waals surface area contributed by atoms with Gasteiger partial charge in [-0.25, -0.2) is 4.79 Å². The number of hydrogen-bond donors (Lipinski definition) is 0. The van der Waals surface area contributed by atoms with Crippen LogP contribution in [-0.2, 0) is 16.0 Å². The molecule has 0 bridgehead atoms. The Labute approximate surface area is 161 Å². The van der Waals surface area contributed by atoms with E-state index in [1.165, 1.54) is 7.11 Å². The Morgan fingerprint density at radius 1 is 1.11 bits per heavy atom. The monoisotopic (exact) mass is 365 g/mol. The summed E-state index contributed by atoms with van der Waals surface area (Å²) in [7, 11) is 1.38. The van der Waals surface area contributed by atoms with Crippen molar-refractivity contribution >= 4 is 11.9 Å². The van der Waals surface area contributed by atoms with Crippen molar-refractivity contribution in [2.45, 2.75) is 32.1 Å². The predicted octanol–water partition coefficient (Wildman–Crippen LogP) is 4.06. The molecule has 1 saturated heterocycles. The van der Waals surface area contributed by atoms with Crippen LogP contribution in [0.3, 0.4) is 0 Å². The third-order valence-electron chi connectivity index (χ3n) is 5.32. The molecule has 2 atom stereocenters. The Balaban J connectivity index is 1.80. The Hall–Kier alpha value is -2.62. The normalized spacial score (nSPS) is 19.3. The van der Waals surface area contributed by atoms with E-state index in [-0.39, 0.29) is 23.7 Å². The van der Waals surface area contributed by atoms with Gasteiger partial charge in [0.2, 0.25) is 5.91 Å². The summed E-state index contributed by atoms with van der Waals surface area (Å²) in [4.78, 5) is 26.7. The van der Waals surface area contributed by atoms with Crippen LogP contribution in [0.5, 0.6) is 0 Å². The average molecular weight is 365 g/mol. The quantitative estimate of drug-likeness (QED) is 0.695. The second kappa shape index (κ2) is 8.85. The highest BCUT2D eigenvalue weighted by molar-refractivity contribution is 5.89. The van der Waals surface area contributed by atoms with Crippen LogP contribution in [-0.4, -0.2) is 37.0 Å². The first-order valence-electron chi connectivity index (χ1n) is 9.65. The number of likely N-dealkylation sites (tertiary alicyclic amines) is 1. The lowest BCUT2D eigenvalue weighted by Gasteiger charge is -2.17. The van der Waals surface area contributed by atoms with Crippen molar-refractivity contribution in [3.63, 3.8) is 0 Å². The van der Waals surface area contributed by atoms with Gasteiger partial charge >= 0.3 is 5.97 Å². The number of nitrogens with zero attached hydrogens (tertiary/aromatic N) is 1. The smallest absolute Gasteiger partial charge is 0.337 e. The van der Waals surface area contributed by atoms with Crippen molar-refractivity contribution in [1.82, 2.24) is 4.90 Å². The van der Waals surface area contributed by atoms with Gasteiger partial charge in [0.05, 0.1) is 18.6 Å². The fraction of sp³-hybridized carbons (Fsp3) is 0.391. The van der Waals surface area contributed by atoms with Crippen LogP contribution in [0.2, 0.25) is 0 Å². The molecule has 0 radical (unpaired) electrons. The van der Waals surface area contributed by atoms with Gasteiger partial charge in [0.15, 0.2) is 0 Å². The van der Waals surface area contributed by atoms with Gasteiger partial charge in [-0.05, 0) is 42.0 Å². The highest BCUT2D eigenvalue weighted by Crippen LogP contribution is 2.36. The highest BCUT2D eigenvalue weighted by Gasteiger charge is 2.40. The van der Waals surface area contributed by atoms with Gasteiger partial charge in [-0.3, -0.25) is 4.79 Å². The lowest BCUT2D eigenvalue weighted by atomic mass is 9.84. The van der Waals surface area contributed by atoms with E-state index in [1.807, 2.05) is 35.2 Å². The molecule has 142 valence electrons. The maximum Gasteiger partial charge on any atom is 0.337 e. The van der Waals surface area contributed by atoms with E-state index in [9.17, 15) is 9.59 Å². The lowest BCUT2D eigenvalue weighted by Crippen LogP contribution is -2.27. The Bertz CT molecular complexity index is 770. The van der Waals surface area contributed by atoms with Crippen LogP contribution < -0.4 is 0 Å². The van der Waals surface area contributed by atoms with Crippen LogP contribution in [0.15, 0.2) is 54.6 Å². The number of benzene rings is 2. The molecule has 0 spiro atoms. The molecule has 0 unspecified atom stereocenters. The summed E-state index contributed by atoms with van der Waals surface area (Å²) >= 11 is 0. The number of carbonyl (C=O) groups is 2. The van der Waals surface area contributed by atoms with Crippen LogP contribution >= 0.6 is 0 Å². The van der Waals surface area contributed by atoms with Crippen molar-refractivity contribution in [3.05, 3.63) is 71.3 Å². The van der Waals surface area contributed by atoms with E-state index in [1.54, 1.807) is 12.1 Å². The number of carbonyl (C=O) groups excluding carboxylic acids is 2. The molecule has 27 heavy (non-hydrogen) atoms. The summed E-state index contributed by atoms with van der Waals surface area (Å²) in [5.74, 6) is 0.0559. The van der Waals surface area contributed by atoms with Crippen molar-refractivity contribution in [2.24, 2.45) is 5.92 Å². The summed E-state index contributed by atoms with van der Waals surface area (Å²) in [6.45, 7) is 3.77. The molecule has 1 heterocycles. The van der Waals surface area contributed by atoms with Crippen LogP contribution in [0.1, 0.15) is 47.2 Å². The third kappa shape index (κ3) is 4.38. The molecule has 0 saturated carbocycles. The molecule has 0 aromatic heterocycles. The van der Waals surface area contributed by atoms with E-state index in [4.69, 9.17) is 4.74 Å². The van der Waals surface area contributed by atoms with Crippen molar-refractivity contribution in [3.8, 4) is 0 Å². The minimum atomic E-state index is -0.328. The molecule has 4 heteroatoms. The number of ether oxygens (including phenoxy) is 1. The van der Waals surface area contributed by atoms with Gasteiger partial charge in [-0.1, -0.05) is 55.8 Å². The number of methoxy groups -OCH3 is 1. The van der Waals surface area contributed by atoms with Gasteiger partial charge in [-0.15, -0.1) is 0 Å². The van der Waals surface area contributed by atoms with Crippen molar-refractivity contribution < 1.29 is 14.3 Å². The molecule has 0 aliphatic carbocycles. The molecular formula is C23H27NO3. The van der Waals surface area contributed by atoms with Crippen LogP contribution in [0.4, 0.5) is 0 Å². The number of hydrogen-bond acceptors (Lipinski definition) is 3. The fourth-order valence-corrected chi connectivity index (χ4v) is 3.88. The summed E-state index contributed by atoms with van der Waals surface area (Å²) in [5, 5.41) is 0. The Kier molecular flexibility index (Phi) is 6.28. The number of unbranched alkanes of at least 4 members (excludes halogenated alkanes) is 1. The summed E-state index contributed by atoms with van der Waals surface area (Å²) in [6, 6.07) is 17.6. The number of esters is 1. The minimum Gasteiger partial charge on any atom is -0.465 e. The standard InChI is InChI=1S/C23H27NO3/c1-3-4-14-24-16-20(21(22(24)25)18-8-6-5-7-9-18)15-17-10-12-19(13-11-17)23(26)27-2/h5-13,20-21H,3-4,14-16H2,1-2H3/t20-,21+/m1/s1. The zero-order chi connectivity index (χ0) is 19.2. The van der Waals surface area contributed by atoms with E-state index in [2.05, 4.69) is 19.1 Å². The minimum absolute atomic E-state index is 0.0941. The third-order valence-corrected chi connectivity index (χ3v) is 5.32. The highest BCUT2D eigenvalue weighted by atomic mass is 16.5. The predicted molar refractivity (Wildman–Crippen MR) is 106 cm³/mol. The molecule has 0 N–H and O–H groups in total. The summed E-state index contributed by atoms with van der Waals surface area (Å²) in [6.07, 6.45) is 2.93. The molecular weight excluding hydrogens is 338 g/mol. The second-order valence-corrected chi connectivity index (χ2v) is 7.18. The number of amides is 1. The Morgan fingerprint density at radius 3 is 2.44 bits per heavy atom. The molecule has 2 aromatic carbocycles. The van der Waals surface area contributed by atoms with E-state index >= 15 is 0 Å². The lowest BCUT2D eigenvalue weighted by molar-refractivity contribution is -0.129. The van der Waals surface area contributed by atoms with Gasteiger partial charge in [0, 0.05) is 13.1 Å². The molecule has 3 rings (SSSR count). The van der Waals surface area contributed by atoms with Gasteiger partial charge < -0.3 is 9.64 Å².